The molecule has 4 rings (SSSR count). The van der Waals surface area contributed by atoms with E-state index in [1.807, 2.05) is 44.2 Å². The molecule has 0 bridgehead atoms. The normalized spacial score (nSPS) is 15.6. The quantitative estimate of drug-likeness (QED) is 0.570. The van der Waals surface area contributed by atoms with Gasteiger partial charge < -0.3 is 4.74 Å². The van der Waals surface area contributed by atoms with Crippen LogP contribution in [0, 0.1) is 11.7 Å². The molecule has 0 aliphatic carbocycles. The van der Waals surface area contributed by atoms with Gasteiger partial charge in [0, 0.05) is 16.5 Å². The van der Waals surface area contributed by atoms with E-state index >= 15 is 0 Å². The third-order valence-corrected chi connectivity index (χ3v) is 5.80. The van der Waals surface area contributed by atoms with E-state index in [2.05, 4.69) is 10.3 Å². The molecule has 0 atom stereocenters. The molecule has 30 heavy (non-hydrogen) atoms. The molecule has 2 heterocycles. The summed E-state index contributed by atoms with van der Waals surface area (Å²) in [5.74, 6) is -0.408. The summed E-state index contributed by atoms with van der Waals surface area (Å²) in [5, 5.41) is 3.23. The molecule has 0 unspecified atom stereocenters. The highest BCUT2D eigenvalue weighted by Crippen LogP contribution is 2.40. The maximum atomic E-state index is 14.2. The second kappa shape index (κ2) is 7.91. The highest BCUT2D eigenvalue weighted by molar-refractivity contribution is 8.18. The van der Waals surface area contributed by atoms with Crippen molar-refractivity contribution in [1.29, 1.82) is 0 Å². The lowest BCUT2D eigenvalue weighted by atomic mass is 9.94. The predicted molar refractivity (Wildman–Crippen MR) is 117 cm³/mol. The monoisotopic (exact) mass is 422 g/mol. The molecule has 1 aliphatic rings. The molecule has 3 aromatic rings. The van der Waals surface area contributed by atoms with Crippen molar-refractivity contribution in [1.82, 2.24) is 10.3 Å². The lowest BCUT2D eigenvalue weighted by Crippen LogP contribution is -2.19. The second-order valence-electron chi connectivity index (χ2n) is 7.17. The first kappa shape index (κ1) is 20.1. The number of carbonyl (C=O) groups excluding carboxylic acids is 2. The van der Waals surface area contributed by atoms with Gasteiger partial charge in [0.05, 0.1) is 17.7 Å². The minimum Gasteiger partial charge on any atom is -0.481 e. The van der Waals surface area contributed by atoms with Crippen molar-refractivity contribution in [3.63, 3.8) is 0 Å². The number of hydrogen-bond acceptors (Lipinski definition) is 5. The number of nitrogens with zero attached hydrogens (tertiary/aromatic N) is 1. The number of ether oxygens (including phenoxy) is 1. The first-order valence-corrected chi connectivity index (χ1v) is 10.2. The third kappa shape index (κ3) is 3.57. The van der Waals surface area contributed by atoms with Crippen molar-refractivity contribution >= 4 is 39.3 Å². The van der Waals surface area contributed by atoms with Gasteiger partial charge in [0.25, 0.3) is 11.1 Å². The summed E-state index contributed by atoms with van der Waals surface area (Å²) in [5.41, 5.74) is 2.71. The first-order valence-electron chi connectivity index (χ1n) is 9.40. The molecule has 5 nitrogen and oxygen atoms in total. The summed E-state index contributed by atoms with van der Waals surface area (Å²) in [6, 6.07) is 14.1. The molecular formula is C23H19FN2O3S. The number of fused-ring (bicyclic) bond motifs is 1. The highest BCUT2D eigenvalue weighted by Gasteiger charge is 2.31. The van der Waals surface area contributed by atoms with Gasteiger partial charge >= 0.3 is 0 Å². The van der Waals surface area contributed by atoms with Crippen molar-refractivity contribution in [2.24, 2.45) is 5.92 Å². The minimum absolute atomic E-state index is 0.0412. The number of aromatic nitrogens is 1. The van der Waals surface area contributed by atoms with Crippen molar-refractivity contribution in [2.75, 3.05) is 7.11 Å². The van der Waals surface area contributed by atoms with E-state index in [0.717, 1.165) is 22.7 Å². The number of halogens is 1. The smallest absolute Gasteiger partial charge is 0.290 e. The Balaban J connectivity index is 1.84. The Morgan fingerprint density at radius 3 is 2.60 bits per heavy atom. The molecular weight excluding hydrogens is 403 g/mol. The summed E-state index contributed by atoms with van der Waals surface area (Å²) in [6.07, 6.45) is 0. The molecule has 1 fully saturated rings. The molecule has 1 N–H and O–H groups in total. The van der Waals surface area contributed by atoms with Crippen LogP contribution in [0.3, 0.4) is 0 Å². The van der Waals surface area contributed by atoms with E-state index in [-0.39, 0.29) is 11.7 Å². The van der Waals surface area contributed by atoms with Gasteiger partial charge in [0.2, 0.25) is 5.88 Å². The molecule has 0 spiro atoms. The van der Waals surface area contributed by atoms with Gasteiger partial charge in [-0.3, -0.25) is 14.9 Å². The molecule has 0 radical (unpaired) electrons. The van der Waals surface area contributed by atoms with Crippen LogP contribution in [0.1, 0.15) is 19.4 Å². The number of nitrogens with one attached hydrogen (secondary N) is 1. The number of thioether (sulfide) groups is 1. The van der Waals surface area contributed by atoms with E-state index in [9.17, 15) is 14.0 Å². The summed E-state index contributed by atoms with van der Waals surface area (Å²) in [4.78, 5) is 28.9. The Labute approximate surface area is 177 Å². The van der Waals surface area contributed by atoms with E-state index in [1.54, 1.807) is 12.1 Å². The van der Waals surface area contributed by atoms with Gasteiger partial charge in [-0.05, 0) is 52.9 Å². The van der Waals surface area contributed by atoms with Crippen LogP contribution < -0.4 is 10.1 Å². The van der Waals surface area contributed by atoms with Crippen LogP contribution in [-0.4, -0.2) is 23.2 Å². The number of amides is 2. The zero-order valence-electron chi connectivity index (χ0n) is 16.7. The van der Waals surface area contributed by atoms with Gasteiger partial charge in [-0.2, -0.15) is 0 Å². The van der Waals surface area contributed by atoms with Crippen molar-refractivity contribution in [3.05, 3.63) is 64.8 Å². The summed E-state index contributed by atoms with van der Waals surface area (Å²) < 4.78 is 19.7. The van der Waals surface area contributed by atoms with Gasteiger partial charge in [-0.25, -0.2) is 9.37 Å². The number of hydrogen-bond donors (Lipinski definition) is 1. The highest BCUT2D eigenvalue weighted by atomic mass is 32.2. The zero-order valence-corrected chi connectivity index (χ0v) is 17.5. The fourth-order valence-electron chi connectivity index (χ4n) is 3.54. The van der Waals surface area contributed by atoms with E-state index in [4.69, 9.17) is 4.74 Å². The lowest BCUT2D eigenvalue weighted by Gasteiger charge is -2.17. The van der Waals surface area contributed by atoms with E-state index < -0.39 is 11.1 Å². The maximum absolute atomic E-state index is 14.2. The van der Waals surface area contributed by atoms with Crippen LogP contribution in [0.15, 0.2) is 53.4 Å². The Hall–Kier alpha value is -3.19. The van der Waals surface area contributed by atoms with Crippen LogP contribution >= 0.6 is 11.8 Å². The van der Waals surface area contributed by atoms with Crippen LogP contribution in [0.2, 0.25) is 0 Å². The molecule has 1 aromatic heterocycles. The van der Waals surface area contributed by atoms with Crippen molar-refractivity contribution < 1.29 is 18.7 Å². The average Bonchev–Trinajstić information content (AvgIpc) is 3.05. The number of allylic oxidation sites excluding steroid dienone is 1. The molecule has 2 aromatic carbocycles. The number of imide groups is 1. The van der Waals surface area contributed by atoms with Gasteiger partial charge in [0.1, 0.15) is 5.82 Å². The molecule has 1 saturated heterocycles. The molecule has 0 saturated carbocycles. The Morgan fingerprint density at radius 1 is 1.13 bits per heavy atom. The first-order chi connectivity index (χ1) is 14.4. The number of carbonyl (C=O) groups is 2. The number of pyridine rings is 1. The SMILES string of the molecule is COc1nc(-c2ccc3cccc(F)c3c2)ccc1C(=C1SC(=O)NC1=O)C(C)C. The molecule has 152 valence electrons. The van der Waals surface area contributed by atoms with Gasteiger partial charge in [-0.1, -0.05) is 38.1 Å². The number of benzene rings is 2. The number of methoxy groups -OCH3 is 1. The van der Waals surface area contributed by atoms with E-state index in [0.29, 0.717) is 33.0 Å². The largest absolute Gasteiger partial charge is 0.481 e. The lowest BCUT2D eigenvalue weighted by molar-refractivity contribution is -0.115. The Morgan fingerprint density at radius 2 is 1.93 bits per heavy atom. The van der Waals surface area contributed by atoms with Crippen LogP contribution in [0.25, 0.3) is 27.6 Å². The second-order valence-corrected chi connectivity index (χ2v) is 8.15. The van der Waals surface area contributed by atoms with Gasteiger partial charge in [0.15, 0.2) is 0 Å². The summed E-state index contributed by atoms with van der Waals surface area (Å²) in [6.45, 7) is 3.89. The zero-order chi connectivity index (χ0) is 21.4. The molecule has 7 heteroatoms. The maximum Gasteiger partial charge on any atom is 0.290 e. The minimum atomic E-state index is -0.412. The third-order valence-electron chi connectivity index (χ3n) is 4.91. The van der Waals surface area contributed by atoms with Crippen molar-refractivity contribution in [3.8, 4) is 17.1 Å². The van der Waals surface area contributed by atoms with Crippen LogP contribution in [0.5, 0.6) is 5.88 Å². The Bertz CT molecular complexity index is 1220. The predicted octanol–water partition coefficient (Wildman–Crippen LogP) is 5.40. The van der Waals surface area contributed by atoms with E-state index in [1.165, 1.54) is 13.2 Å². The standard InChI is InChI=1S/C23H19FN2O3S/c1-12(2)19(20-21(27)26-23(28)30-20)15-9-10-18(25-22(15)29-3)14-8-7-13-5-4-6-17(24)16(13)11-14/h4-12H,1-3H3,(H,26,27,28). The topological polar surface area (TPSA) is 68.3 Å². The number of rotatable bonds is 4. The Kier molecular flexibility index (Phi) is 5.30. The van der Waals surface area contributed by atoms with Gasteiger partial charge in [-0.15, -0.1) is 0 Å². The van der Waals surface area contributed by atoms with Crippen LogP contribution in [-0.2, 0) is 4.79 Å². The van der Waals surface area contributed by atoms with Crippen molar-refractivity contribution in [2.45, 2.75) is 13.8 Å². The molecule has 1 aliphatic heterocycles. The fraction of sp³-hybridized carbons (Fsp3) is 0.174. The summed E-state index contributed by atoms with van der Waals surface area (Å²) >= 11 is 0.883. The van der Waals surface area contributed by atoms with Crippen LogP contribution in [0.4, 0.5) is 9.18 Å². The fourth-order valence-corrected chi connectivity index (χ4v) is 4.47. The average molecular weight is 422 g/mol. The summed E-state index contributed by atoms with van der Waals surface area (Å²) in [7, 11) is 1.51. The molecule has 2 amide bonds.